The molecular weight excluding hydrogens is 324 g/mol. The number of hydrogen-bond acceptors (Lipinski definition) is 2. The average Bonchev–Trinajstić information content (AvgIpc) is 2.94. The molecule has 6 heteroatoms. The van der Waals surface area contributed by atoms with Crippen molar-refractivity contribution >= 4 is 11.6 Å². The maximum atomic E-state index is 14.0. The molecule has 0 aliphatic carbocycles. The molecule has 128 valence electrons. The number of hydrogen-bond donors (Lipinski definition) is 1. The smallest absolute Gasteiger partial charge is 0.276 e. The Balaban J connectivity index is 1.91. The quantitative estimate of drug-likeness (QED) is 0.771. The summed E-state index contributed by atoms with van der Waals surface area (Å²) >= 11 is 0. The Labute approximate surface area is 144 Å². The van der Waals surface area contributed by atoms with Crippen LogP contribution < -0.4 is 5.32 Å². The van der Waals surface area contributed by atoms with E-state index in [1.807, 2.05) is 32.0 Å². The molecule has 0 radical (unpaired) electrons. The first-order chi connectivity index (χ1) is 11.9. The Morgan fingerprint density at radius 2 is 1.84 bits per heavy atom. The maximum absolute atomic E-state index is 14.0. The van der Waals surface area contributed by atoms with Gasteiger partial charge in [0.25, 0.3) is 5.91 Å². The van der Waals surface area contributed by atoms with Crippen molar-refractivity contribution < 1.29 is 13.6 Å². The van der Waals surface area contributed by atoms with Gasteiger partial charge in [-0.15, -0.1) is 0 Å². The summed E-state index contributed by atoms with van der Waals surface area (Å²) in [6, 6.07) is 10.4. The minimum Gasteiger partial charge on any atom is -0.320 e. The van der Waals surface area contributed by atoms with Gasteiger partial charge in [0.05, 0.1) is 0 Å². The number of nitrogens with one attached hydrogen (secondary N) is 1. The zero-order valence-electron chi connectivity index (χ0n) is 14.1. The Bertz CT molecular complexity index is 963. The summed E-state index contributed by atoms with van der Waals surface area (Å²) in [4.78, 5) is 12.5. The largest absolute Gasteiger partial charge is 0.320 e. The Hall–Kier alpha value is -3.02. The molecule has 1 aromatic heterocycles. The molecular formula is C19H17F2N3O. The van der Waals surface area contributed by atoms with Crippen molar-refractivity contribution in [3.8, 4) is 5.69 Å². The van der Waals surface area contributed by atoms with E-state index in [2.05, 4.69) is 10.4 Å². The second-order valence-electron chi connectivity index (χ2n) is 5.88. The van der Waals surface area contributed by atoms with Crippen molar-refractivity contribution in [3.05, 3.63) is 76.6 Å². The van der Waals surface area contributed by atoms with Crippen molar-refractivity contribution in [1.82, 2.24) is 9.78 Å². The molecule has 1 N–H and O–H groups in total. The number of aryl methyl sites for hydroxylation is 2. The van der Waals surface area contributed by atoms with Gasteiger partial charge in [0.1, 0.15) is 11.5 Å². The highest BCUT2D eigenvalue weighted by Gasteiger charge is 2.16. The molecule has 0 aliphatic heterocycles. The standard InChI is InChI=1S/C19H17F2N3O/c1-11-5-4-6-16(13(11)3)22-19(25)17-9-12(2)24(23-17)18-8-7-14(20)10-15(18)21/h4-10H,1-3H3,(H,22,25). The number of benzene rings is 2. The summed E-state index contributed by atoms with van der Waals surface area (Å²) < 4.78 is 28.3. The number of carbonyl (C=O) groups excluding carboxylic acids is 1. The summed E-state index contributed by atoms with van der Waals surface area (Å²) in [6.45, 7) is 5.58. The number of rotatable bonds is 3. The van der Waals surface area contributed by atoms with Crippen LogP contribution >= 0.6 is 0 Å². The van der Waals surface area contributed by atoms with Gasteiger partial charge >= 0.3 is 0 Å². The second-order valence-corrected chi connectivity index (χ2v) is 5.88. The Morgan fingerprint density at radius 1 is 1.08 bits per heavy atom. The summed E-state index contributed by atoms with van der Waals surface area (Å²) in [5.74, 6) is -1.80. The first-order valence-corrected chi connectivity index (χ1v) is 7.76. The second kappa shape index (κ2) is 6.47. The molecule has 0 spiro atoms. The van der Waals surface area contributed by atoms with Crippen molar-refractivity contribution in [2.75, 3.05) is 5.32 Å². The highest BCUT2D eigenvalue weighted by Crippen LogP contribution is 2.20. The molecule has 0 saturated carbocycles. The molecule has 25 heavy (non-hydrogen) atoms. The number of anilines is 1. The van der Waals surface area contributed by atoms with Crippen molar-refractivity contribution in [3.63, 3.8) is 0 Å². The normalized spacial score (nSPS) is 10.8. The van der Waals surface area contributed by atoms with Gasteiger partial charge in [0.2, 0.25) is 0 Å². The van der Waals surface area contributed by atoms with E-state index in [4.69, 9.17) is 0 Å². The van der Waals surface area contributed by atoms with E-state index < -0.39 is 17.5 Å². The van der Waals surface area contributed by atoms with Crippen molar-refractivity contribution in [2.45, 2.75) is 20.8 Å². The molecule has 0 aliphatic rings. The highest BCUT2D eigenvalue weighted by molar-refractivity contribution is 6.03. The molecule has 1 heterocycles. The predicted octanol–water partition coefficient (Wildman–Crippen LogP) is 4.33. The fourth-order valence-corrected chi connectivity index (χ4v) is 2.56. The van der Waals surface area contributed by atoms with Gasteiger partial charge in [-0.1, -0.05) is 12.1 Å². The molecule has 0 unspecified atom stereocenters. The minimum atomic E-state index is -0.743. The van der Waals surface area contributed by atoms with E-state index in [0.717, 1.165) is 23.3 Å². The van der Waals surface area contributed by atoms with Gasteiger partial charge in [-0.25, -0.2) is 13.5 Å². The summed E-state index contributed by atoms with van der Waals surface area (Å²) in [5.41, 5.74) is 3.54. The molecule has 3 aromatic rings. The first-order valence-electron chi connectivity index (χ1n) is 7.76. The molecule has 0 bridgehead atoms. The van der Waals surface area contributed by atoms with Gasteiger partial charge < -0.3 is 5.32 Å². The summed E-state index contributed by atoms with van der Waals surface area (Å²) in [5, 5.41) is 6.98. The average molecular weight is 341 g/mol. The summed E-state index contributed by atoms with van der Waals surface area (Å²) in [7, 11) is 0. The highest BCUT2D eigenvalue weighted by atomic mass is 19.1. The molecule has 0 atom stereocenters. The van der Waals surface area contributed by atoms with Crippen LogP contribution in [0.4, 0.5) is 14.5 Å². The van der Waals surface area contributed by atoms with Gasteiger partial charge in [-0.2, -0.15) is 5.10 Å². The van der Waals surface area contributed by atoms with Crippen LogP contribution in [0.15, 0.2) is 42.5 Å². The lowest BCUT2D eigenvalue weighted by Crippen LogP contribution is -2.14. The van der Waals surface area contributed by atoms with Gasteiger partial charge in [-0.3, -0.25) is 4.79 Å². The van der Waals surface area contributed by atoms with Gasteiger partial charge in [0.15, 0.2) is 11.5 Å². The monoisotopic (exact) mass is 341 g/mol. The predicted molar refractivity (Wildman–Crippen MR) is 92.1 cm³/mol. The van der Waals surface area contributed by atoms with E-state index in [9.17, 15) is 13.6 Å². The fraction of sp³-hybridized carbons (Fsp3) is 0.158. The lowest BCUT2D eigenvalue weighted by molar-refractivity contribution is 0.102. The van der Waals surface area contributed by atoms with Crippen molar-refractivity contribution in [1.29, 1.82) is 0 Å². The van der Waals surface area contributed by atoms with Gasteiger partial charge in [-0.05, 0) is 56.2 Å². The van der Waals surface area contributed by atoms with Crippen LogP contribution in [0.1, 0.15) is 27.3 Å². The van der Waals surface area contributed by atoms with Crippen molar-refractivity contribution in [2.24, 2.45) is 0 Å². The van der Waals surface area contributed by atoms with E-state index in [1.54, 1.807) is 13.0 Å². The minimum absolute atomic E-state index is 0.0877. The molecule has 4 nitrogen and oxygen atoms in total. The number of carbonyl (C=O) groups is 1. The number of aromatic nitrogens is 2. The van der Waals surface area contributed by atoms with Crippen LogP contribution in [-0.4, -0.2) is 15.7 Å². The third kappa shape index (κ3) is 3.28. The van der Waals surface area contributed by atoms with Crippen LogP contribution in [0.5, 0.6) is 0 Å². The van der Waals surface area contributed by atoms with Crippen LogP contribution in [0.3, 0.4) is 0 Å². The lowest BCUT2D eigenvalue weighted by atomic mass is 10.1. The molecule has 3 rings (SSSR count). The number of nitrogens with zero attached hydrogens (tertiary/aromatic N) is 2. The fourth-order valence-electron chi connectivity index (χ4n) is 2.56. The number of amides is 1. The maximum Gasteiger partial charge on any atom is 0.276 e. The van der Waals surface area contributed by atoms with E-state index in [0.29, 0.717) is 11.4 Å². The van der Waals surface area contributed by atoms with Crippen LogP contribution in [0.25, 0.3) is 5.69 Å². The van der Waals surface area contributed by atoms with Crippen LogP contribution in [-0.2, 0) is 0 Å². The SMILES string of the molecule is Cc1cccc(NC(=O)c2cc(C)n(-c3ccc(F)cc3F)n2)c1C. The molecule has 0 fully saturated rings. The van der Waals surface area contributed by atoms with Crippen LogP contribution in [0, 0.1) is 32.4 Å². The van der Waals surface area contributed by atoms with Gasteiger partial charge in [0, 0.05) is 17.4 Å². The Kier molecular flexibility index (Phi) is 4.35. The third-order valence-corrected chi connectivity index (χ3v) is 4.11. The van der Waals surface area contributed by atoms with E-state index in [1.165, 1.54) is 10.7 Å². The number of halogens is 2. The molecule has 2 aromatic carbocycles. The zero-order valence-corrected chi connectivity index (χ0v) is 14.1. The Morgan fingerprint density at radius 3 is 2.56 bits per heavy atom. The lowest BCUT2D eigenvalue weighted by Gasteiger charge is -2.09. The zero-order chi connectivity index (χ0) is 18.1. The van der Waals surface area contributed by atoms with Crippen LogP contribution in [0.2, 0.25) is 0 Å². The first kappa shape index (κ1) is 16.8. The molecule has 0 saturated heterocycles. The third-order valence-electron chi connectivity index (χ3n) is 4.11. The summed E-state index contributed by atoms with van der Waals surface area (Å²) in [6.07, 6.45) is 0. The van der Waals surface area contributed by atoms with E-state index >= 15 is 0 Å². The van der Waals surface area contributed by atoms with E-state index in [-0.39, 0.29) is 11.4 Å². The molecule has 1 amide bonds. The topological polar surface area (TPSA) is 46.9 Å².